The molecule has 0 heterocycles. The van der Waals surface area contributed by atoms with Gasteiger partial charge in [0.15, 0.2) is 0 Å². The van der Waals surface area contributed by atoms with Crippen LogP contribution in [0.5, 0.6) is 0 Å². The van der Waals surface area contributed by atoms with Crippen molar-refractivity contribution in [3.8, 4) is 0 Å². The molecule has 0 aliphatic heterocycles. The van der Waals surface area contributed by atoms with E-state index in [-0.39, 0.29) is 6.42 Å². The van der Waals surface area contributed by atoms with Gasteiger partial charge in [-0.05, 0) is 0 Å². The van der Waals surface area contributed by atoms with Crippen LogP contribution in [0, 0.1) is 0 Å². The maximum atomic E-state index is 10.1. The third-order valence-corrected chi connectivity index (χ3v) is 1.53. The number of primary sulfonamides is 1. The number of carbonyl (C=O) groups is 1. The van der Waals surface area contributed by atoms with Crippen molar-refractivity contribution in [2.24, 2.45) is 5.14 Å². The van der Waals surface area contributed by atoms with Crippen molar-refractivity contribution in [1.82, 2.24) is 0 Å². The van der Waals surface area contributed by atoms with Gasteiger partial charge in [-0.15, -0.1) is 0 Å². The molecule has 2 N–H and O–H groups in total. The summed E-state index contributed by atoms with van der Waals surface area (Å²) in [6, 6.07) is 0. The van der Waals surface area contributed by atoms with E-state index in [1.165, 1.54) is 6.92 Å². The first-order valence-electron chi connectivity index (χ1n) is 2.04. The summed E-state index contributed by atoms with van der Waals surface area (Å²) in [5, 5.41) is 3.49. The molecule has 0 aromatic heterocycles. The summed E-state index contributed by atoms with van der Waals surface area (Å²) in [5.74, 6) is 0. The third-order valence-electron chi connectivity index (χ3n) is 0.606. The van der Waals surface area contributed by atoms with E-state index in [9.17, 15) is 13.2 Å². The highest BCUT2D eigenvalue weighted by Crippen LogP contribution is 1.84. The van der Waals surface area contributed by atoms with Crippen LogP contribution in [0.15, 0.2) is 0 Å². The molecule has 0 aromatic rings. The van der Waals surface area contributed by atoms with Gasteiger partial charge < -0.3 is 0 Å². The molecule has 8 heavy (non-hydrogen) atoms. The molecule has 0 unspecified atom stereocenters. The Kier molecular flexibility index (Phi) is 2.12. The molecule has 0 atom stereocenters. The lowest BCUT2D eigenvalue weighted by atomic mass is 10.6. The standard InChI is InChI=1S/C3H7NO3S/c1-2-3(5)8(4,6)7/h2H2,1H3,(H2,4,6,7). The monoisotopic (exact) mass is 137 g/mol. The van der Waals surface area contributed by atoms with E-state index in [1.807, 2.05) is 0 Å². The molecular weight excluding hydrogens is 130 g/mol. The van der Waals surface area contributed by atoms with Crippen molar-refractivity contribution in [3.05, 3.63) is 0 Å². The molecule has 0 fully saturated rings. The van der Waals surface area contributed by atoms with E-state index in [1.54, 1.807) is 0 Å². The zero-order valence-corrected chi connectivity index (χ0v) is 5.23. The lowest BCUT2D eigenvalue weighted by Crippen LogP contribution is -2.22. The number of rotatable bonds is 1. The van der Waals surface area contributed by atoms with Crippen LogP contribution in [0.4, 0.5) is 0 Å². The summed E-state index contributed by atoms with van der Waals surface area (Å²) in [7, 11) is -3.89. The second-order valence-electron chi connectivity index (χ2n) is 1.27. The normalized spacial score (nSPS) is 11.2. The van der Waals surface area contributed by atoms with Gasteiger partial charge in [-0.2, -0.15) is 0 Å². The van der Waals surface area contributed by atoms with Crippen molar-refractivity contribution in [1.29, 1.82) is 0 Å². The highest BCUT2D eigenvalue weighted by molar-refractivity contribution is 8.04. The SMILES string of the molecule is CCC(=O)S(N)(=O)=O. The van der Waals surface area contributed by atoms with Gasteiger partial charge in [-0.1, -0.05) is 6.92 Å². The zero-order chi connectivity index (χ0) is 6.78. The first-order valence-corrected chi connectivity index (χ1v) is 3.58. The first kappa shape index (κ1) is 7.58. The minimum atomic E-state index is -3.89. The molecule has 0 saturated carbocycles. The van der Waals surface area contributed by atoms with Crippen molar-refractivity contribution in [3.63, 3.8) is 0 Å². The molecule has 0 rings (SSSR count). The summed E-state index contributed by atoms with van der Waals surface area (Å²) >= 11 is 0. The van der Waals surface area contributed by atoms with Crippen molar-refractivity contribution in [2.45, 2.75) is 13.3 Å². The van der Waals surface area contributed by atoms with E-state index in [0.29, 0.717) is 0 Å². The summed E-state index contributed by atoms with van der Waals surface area (Å²) < 4.78 is 20.0. The van der Waals surface area contributed by atoms with Crippen LogP contribution in [-0.2, 0) is 14.8 Å². The van der Waals surface area contributed by atoms with E-state index >= 15 is 0 Å². The molecule has 5 heteroatoms. The predicted molar refractivity (Wildman–Crippen MR) is 28.4 cm³/mol. The first-order chi connectivity index (χ1) is 3.48. The van der Waals surface area contributed by atoms with Crippen LogP contribution in [-0.4, -0.2) is 13.5 Å². The summed E-state index contributed by atoms with van der Waals surface area (Å²) in [6.07, 6.45) is -0.0567. The largest absolute Gasteiger partial charge is 0.280 e. The van der Waals surface area contributed by atoms with Crippen LogP contribution < -0.4 is 5.14 Å². The van der Waals surface area contributed by atoms with E-state index < -0.39 is 15.1 Å². The van der Waals surface area contributed by atoms with E-state index in [0.717, 1.165) is 0 Å². The van der Waals surface area contributed by atoms with E-state index in [2.05, 4.69) is 5.14 Å². The Morgan fingerprint density at radius 3 is 2.00 bits per heavy atom. The number of nitrogens with two attached hydrogens (primary N) is 1. The van der Waals surface area contributed by atoms with E-state index in [4.69, 9.17) is 0 Å². The second-order valence-corrected chi connectivity index (χ2v) is 2.82. The lowest BCUT2D eigenvalue weighted by Gasteiger charge is -1.87. The predicted octanol–water partition coefficient (Wildman–Crippen LogP) is -0.788. The van der Waals surface area contributed by atoms with Crippen molar-refractivity contribution >= 4 is 15.1 Å². The zero-order valence-electron chi connectivity index (χ0n) is 4.42. The maximum Gasteiger partial charge on any atom is 0.271 e. The van der Waals surface area contributed by atoms with Crippen molar-refractivity contribution < 1.29 is 13.2 Å². The second kappa shape index (κ2) is 2.23. The fourth-order valence-electron chi connectivity index (χ4n) is 0.201. The average Bonchev–Trinajstić information content (AvgIpc) is 1.62. The molecular formula is C3H7NO3S. The topological polar surface area (TPSA) is 77.2 Å². The Bertz CT molecular complexity index is 181. The molecule has 0 aromatic carbocycles. The molecule has 0 spiro atoms. The highest BCUT2D eigenvalue weighted by atomic mass is 32.2. The van der Waals surface area contributed by atoms with Gasteiger partial charge in [0.05, 0.1) is 0 Å². The third kappa shape index (κ3) is 2.04. The molecule has 0 bridgehead atoms. The smallest absolute Gasteiger partial charge is 0.271 e. The Balaban J connectivity index is 4.29. The Morgan fingerprint density at radius 1 is 1.62 bits per heavy atom. The van der Waals surface area contributed by atoms with Crippen LogP contribution in [0.3, 0.4) is 0 Å². The minimum absolute atomic E-state index is 0.0567. The number of hydrogen-bond donors (Lipinski definition) is 1. The van der Waals surface area contributed by atoms with Gasteiger partial charge in [-0.25, -0.2) is 13.6 Å². The summed E-state index contributed by atoms with van der Waals surface area (Å²) in [4.78, 5) is 10.1. The Hall–Kier alpha value is -0.420. The lowest BCUT2D eigenvalue weighted by molar-refractivity contribution is -0.111. The van der Waals surface area contributed by atoms with Crippen LogP contribution in [0.1, 0.15) is 13.3 Å². The van der Waals surface area contributed by atoms with Crippen LogP contribution >= 0.6 is 0 Å². The van der Waals surface area contributed by atoms with Gasteiger partial charge in [0.25, 0.3) is 15.1 Å². The maximum absolute atomic E-state index is 10.1. The van der Waals surface area contributed by atoms with Gasteiger partial charge in [0, 0.05) is 6.42 Å². The van der Waals surface area contributed by atoms with Gasteiger partial charge in [-0.3, -0.25) is 4.79 Å². The Morgan fingerprint density at radius 2 is 2.00 bits per heavy atom. The van der Waals surface area contributed by atoms with Gasteiger partial charge in [0.1, 0.15) is 0 Å². The molecule has 0 aliphatic rings. The molecule has 4 nitrogen and oxygen atoms in total. The molecule has 0 aliphatic carbocycles. The molecule has 0 radical (unpaired) electrons. The fourth-order valence-corrected chi connectivity index (χ4v) is 0.604. The highest BCUT2D eigenvalue weighted by Gasteiger charge is 2.11. The minimum Gasteiger partial charge on any atom is -0.280 e. The molecule has 0 amide bonds. The molecule has 48 valence electrons. The van der Waals surface area contributed by atoms with Crippen LogP contribution in [0.25, 0.3) is 0 Å². The summed E-state index contributed by atoms with van der Waals surface area (Å²) in [6.45, 7) is 1.44. The molecule has 0 saturated heterocycles. The van der Waals surface area contributed by atoms with Gasteiger partial charge >= 0.3 is 0 Å². The number of hydrogen-bond acceptors (Lipinski definition) is 3. The fraction of sp³-hybridized carbons (Fsp3) is 0.667. The average molecular weight is 137 g/mol. The van der Waals surface area contributed by atoms with Gasteiger partial charge in [0.2, 0.25) is 0 Å². The number of sulfonamides is 1. The quantitative estimate of drug-likeness (QED) is 0.514. The van der Waals surface area contributed by atoms with Crippen molar-refractivity contribution in [2.75, 3.05) is 0 Å². The number of carbonyl (C=O) groups excluding carboxylic acids is 1. The Labute approximate surface area is 47.7 Å². The summed E-state index contributed by atoms with van der Waals surface area (Å²) in [5.41, 5.74) is 0. The van der Waals surface area contributed by atoms with Crippen LogP contribution in [0.2, 0.25) is 0 Å².